The molecule has 0 saturated carbocycles. The molecule has 0 unspecified atom stereocenters. The topological polar surface area (TPSA) is 3.24 Å². The van der Waals surface area contributed by atoms with Crippen molar-refractivity contribution < 1.29 is 0 Å². The summed E-state index contributed by atoms with van der Waals surface area (Å²) in [6, 6.07) is 41.6. The van der Waals surface area contributed by atoms with Gasteiger partial charge in [-0.1, -0.05) is 88.2 Å². The summed E-state index contributed by atoms with van der Waals surface area (Å²) in [6.45, 7) is 2.13. The van der Waals surface area contributed by atoms with E-state index in [9.17, 15) is 0 Å². The van der Waals surface area contributed by atoms with Crippen molar-refractivity contribution in [1.29, 1.82) is 0 Å². The van der Waals surface area contributed by atoms with Gasteiger partial charge in [-0.15, -0.1) is 0 Å². The molecule has 0 aliphatic rings. The second-order valence-corrected chi connectivity index (χ2v) is 9.38. The van der Waals surface area contributed by atoms with Crippen molar-refractivity contribution >= 4 is 65.3 Å². The quantitative estimate of drug-likeness (QED) is 0.224. The van der Waals surface area contributed by atoms with Crippen LogP contribution in [-0.4, -0.2) is 0 Å². The number of aryl methyl sites for hydroxylation is 1. The van der Waals surface area contributed by atoms with Gasteiger partial charge < -0.3 is 4.90 Å². The summed E-state index contributed by atoms with van der Waals surface area (Å²) in [5.41, 5.74) is 4.68. The van der Waals surface area contributed by atoms with Crippen LogP contribution in [0.1, 0.15) is 5.56 Å². The molecule has 0 N–H and O–H groups in total. The molecule has 0 aliphatic heterocycles. The molecule has 33 heavy (non-hydrogen) atoms. The molecule has 2 heteroatoms. The van der Waals surface area contributed by atoms with Crippen LogP contribution in [0.15, 0.2) is 120 Å². The Morgan fingerprint density at radius 1 is 0.455 bits per heavy atom. The van der Waals surface area contributed by atoms with Crippen molar-refractivity contribution in [2.24, 2.45) is 0 Å². The maximum atomic E-state index is 3.58. The number of hydrogen-bond donors (Lipinski definition) is 0. The predicted octanol–water partition coefficient (Wildman–Crippen LogP) is 9.69. The van der Waals surface area contributed by atoms with Gasteiger partial charge in [0, 0.05) is 21.5 Å². The summed E-state index contributed by atoms with van der Waals surface area (Å²) >= 11 is 3.58. The van der Waals surface area contributed by atoms with Gasteiger partial charge in [0.25, 0.3) is 0 Å². The molecule has 0 atom stereocenters. The third kappa shape index (κ3) is 3.48. The zero-order chi connectivity index (χ0) is 22.4. The molecular weight excluding hydrogens is 466 g/mol. The van der Waals surface area contributed by atoms with E-state index in [-0.39, 0.29) is 0 Å². The fraction of sp³-hybridized carbons (Fsp3) is 0.0323. The van der Waals surface area contributed by atoms with E-state index in [1.54, 1.807) is 0 Å². The van der Waals surface area contributed by atoms with E-state index in [1.165, 1.54) is 37.9 Å². The zero-order valence-electron chi connectivity index (χ0n) is 18.3. The third-order valence-electron chi connectivity index (χ3n) is 6.36. The summed E-state index contributed by atoms with van der Waals surface area (Å²) in [5.74, 6) is 0. The van der Waals surface area contributed by atoms with Crippen molar-refractivity contribution in [1.82, 2.24) is 0 Å². The first-order valence-electron chi connectivity index (χ1n) is 11.1. The fourth-order valence-corrected chi connectivity index (χ4v) is 5.03. The minimum absolute atomic E-state index is 1.08. The maximum absolute atomic E-state index is 3.58. The largest absolute Gasteiger partial charge is 0.310 e. The van der Waals surface area contributed by atoms with Gasteiger partial charge in [-0.05, 0) is 87.8 Å². The highest BCUT2D eigenvalue weighted by molar-refractivity contribution is 9.10. The summed E-state index contributed by atoms with van der Waals surface area (Å²) in [7, 11) is 0. The fourth-order valence-electron chi connectivity index (χ4n) is 4.77. The molecule has 0 radical (unpaired) electrons. The van der Waals surface area contributed by atoms with Gasteiger partial charge in [-0.25, -0.2) is 0 Å². The summed E-state index contributed by atoms with van der Waals surface area (Å²) in [6.07, 6.45) is 0. The zero-order valence-corrected chi connectivity index (χ0v) is 19.9. The van der Waals surface area contributed by atoms with Gasteiger partial charge in [0.15, 0.2) is 0 Å². The number of halogens is 1. The SMILES string of the molecule is Cc1ccc(N(c2ccc(Br)cc2)c2ccc3c4ccccc4c4ccccc4c3c2)cc1. The molecule has 0 spiro atoms. The van der Waals surface area contributed by atoms with Crippen LogP contribution < -0.4 is 4.90 Å². The Morgan fingerprint density at radius 2 is 0.879 bits per heavy atom. The van der Waals surface area contributed by atoms with Gasteiger partial charge in [0.2, 0.25) is 0 Å². The molecule has 0 aromatic heterocycles. The average molecular weight is 488 g/mol. The standard InChI is InChI=1S/C31H22BrN/c1-21-10-14-23(15-11-21)33(24-16-12-22(32)13-17-24)25-18-19-30-28-8-3-2-6-26(28)27-7-4-5-9-29(27)31(30)20-25/h2-20H,1H3. The van der Waals surface area contributed by atoms with Gasteiger partial charge in [-0.3, -0.25) is 0 Å². The highest BCUT2D eigenvalue weighted by Gasteiger charge is 2.15. The molecule has 0 amide bonds. The van der Waals surface area contributed by atoms with Gasteiger partial charge in [-0.2, -0.15) is 0 Å². The number of benzene rings is 6. The highest BCUT2D eigenvalue weighted by Crippen LogP contribution is 2.40. The minimum atomic E-state index is 1.08. The molecule has 0 bridgehead atoms. The summed E-state index contributed by atoms with van der Waals surface area (Å²) < 4.78 is 1.08. The number of rotatable bonds is 3. The van der Waals surface area contributed by atoms with Crippen molar-refractivity contribution in [2.45, 2.75) is 6.92 Å². The van der Waals surface area contributed by atoms with Gasteiger partial charge in [0.1, 0.15) is 0 Å². The second-order valence-electron chi connectivity index (χ2n) is 8.47. The Hall–Kier alpha value is -3.62. The van der Waals surface area contributed by atoms with Crippen LogP contribution in [0.3, 0.4) is 0 Å². The molecule has 6 aromatic carbocycles. The average Bonchev–Trinajstić information content (AvgIpc) is 2.87. The van der Waals surface area contributed by atoms with E-state index in [2.05, 4.69) is 143 Å². The van der Waals surface area contributed by atoms with Crippen molar-refractivity contribution in [3.8, 4) is 0 Å². The molecule has 1 nitrogen and oxygen atoms in total. The summed E-state index contributed by atoms with van der Waals surface area (Å²) in [5, 5.41) is 7.74. The van der Waals surface area contributed by atoms with Crippen LogP contribution in [0.25, 0.3) is 32.3 Å². The number of nitrogens with zero attached hydrogens (tertiary/aromatic N) is 1. The van der Waals surface area contributed by atoms with Crippen LogP contribution >= 0.6 is 15.9 Å². The Kier molecular flexibility index (Phi) is 4.89. The first kappa shape index (κ1) is 20.0. The number of anilines is 3. The predicted molar refractivity (Wildman–Crippen MR) is 146 cm³/mol. The molecular formula is C31H22BrN. The van der Waals surface area contributed by atoms with E-state index >= 15 is 0 Å². The summed E-state index contributed by atoms with van der Waals surface area (Å²) in [4.78, 5) is 2.33. The lowest BCUT2D eigenvalue weighted by Crippen LogP contribution is -2.09. The van der Waals surface area contributed by atoms with E-state index in [4.69, 9.17) is 0 Å². The van der Waals surface area contributed by atoms with Crippen LogP contribution in [0, 0.1) is 6.92 Å². The Balaban J connectivity index is 1.65. The van der Waals surface area contributed by atoms with Gasteiger partial charge >= 0.3 is 0 Å². The van der Waals surface area contributed by atoms with E-state index in [0.717, 1.165) is 21.5 Å². The van der Waals surface area contributed by atoms with Crippen molar-refractivity contribution in [3.05, 3.63) is 125 Å². The van der Waals surface area contributed by atoms with Crippen molar-refractivity contribution in [2.75, 3.05) is 4.90 Å². The second kappa shape index (κ2) is 8.06. The molecule has 158 valence electrons. The normalized spacial score (nSPS) is 11.3. The molecule has 0 heterocycles. The van der Waals surface area contributed by atoms with E-state index in [0.29, 0.717) is 0 Å². The maximum Gasteiger partial charge on any atom is 0.0468 e. The van der Waals surface area contributed by atoms with Crippen LogP contribution in [0.2, 0.25) is 0 Å². The van der Waals surface area contributed by atoms with Crippen LogP contribution in [0.5, 0.6) is 0 Å². The lowest BCUT2D eigenvalue weighted by atomic mass is 9.94. The molecule has 0 saturated heterocycles. The number of hydrogen-bond acceptors (Lipinski definition) is 1. The Bertz CT molecular complexity index is 1540. The molecule has 0 aliphatic carbocycles. The first-order valence-corrected chi connectivity index (χ1v) is 11.9. The lowest BCUT2D eigenvalue weighted by molar-refractivity contribution is 1.28. The number of fused-ring (bicyclic) bond motifs is 6. The lowest BCUT2D eigenvalue weighted by Gasteiger charge is -2.26. The van der Waals surface area contributed by atoms with E-state index in [1.807, 2.05) is 0 Å². The first-order chi connectivity index (χ1) is 16.2. The molecule has 6 rings (SSSR count). The Morgan fingerprint density at radius 3 is 1.42 bits per heavy atom. The van der Waals surface area contributed by atoms with Crippen LogP contribution in [-0.2, 0) is 0 Å². The smallest absolute Gasteiger partial charge is 0.0468 e. The van der Waals surface area contributed by atoms with E-state index < -0.39 is 0 Å². The highest BCUT2D eigenvalue weighted by atomic mass is 79.9. The van der Waals surface area contributed by atoms with Crippen molar-refractivity contribution in [3.63, 3.8) is 0 Å². The molecule has 6 aromatic rings. The minimum Gasteiger partial charge on any atom is -0.310 e. The Labute approximate surface area is 202 Å². The third-order valence-corrected chi connectivity index (χ3v) is 6.89. The van der Waals surface area contributed by atoms with Crippen LogP contribution in [0.4, 0.5) is 17.1 Å². The van der Waals surface area contributed by atoms with Gasteiger partial charge in [0.05, 0.1) is 0 Å². The monoisotopic (exact) mass is 487 g/mol. The molecule has 0 fully saturated rings.